The number of nitrogens with zero attached hydrogens (tertiary/aromatic N) is 3. The average Bonchev–Trinajstić information content (AvgIpc) is 2.56. The molecule has 0 saturated carbocycles. The van der Waals surface area contributed by atoms with Crippen LogP contribution in [-0.2, 0) is 6.18 Å². The SMILES string of the molecule is CN(C)CCNc1cnc(C(=O)Nc2ccc(Cl)c(C(F)(F)F)c2)cn1. The molecule has 1 aromatic heterocycles. The van der Waals surface area contributed by atoms with Crippen LogP contribution < -0.4 is 10.6 Å². The molecule has 2 rings (SSSR count). The molecule has 6 nitrogen and oxygen atoms in total. The fraction of sp³-hybridized carbons (Fsp3) is 0.312. The topological polar surface area (TPSA) is 70.2 Å². The summed E-state index contributed by atoms with van der Waals surface area (Å²) in [5.41, 5.74) is -1.09. The van der Waals surface area contributed by atoms with Crippen molar-refractivity contribution in [3.05, 3.63) is 46.9 Å². The number of amides is 1. The van der Waals surface area contributed by atoms with E-state index in [9.17, 15) is 18.0 Å². The molecular formula is C16H17ClF3N5O. The Balaban J connectivity index is 2.04. The first-order chi connectivity index (χ1) is 12.2. The summed E-state index contributed by atoms with van der Waals surface area (Å²) in [7, 11) is 3.86. The van der Waals surface area contributed by atoms with E-state index in [1.54, 1.807) is 0 Å². The molecule has 1 aromatic carbocycles. The number of carbonyl (C=O) groups is 1. The third kappa shape index (κ3) is 5.57. The molecule has 140 valence electrons. The lowest BCUT2D eigenvalue weighted by Gasteiger charge is -2.12. The van der Waals surface area contributed by atoms with Crippen LogP contribution in [-0.4, -0.2) is 48.0 Å². The van der Waals surface area contributed by atoms with Crippen molar-refractivity contribution in [3.63, 3.8) is 0 Å². The summed E-state index contributed by atoms with van der Waals surface area (Å²) in [5, 5.41) is 4.94. The summed E-state index contributed by atoms with van der Waals surface area (Å²) in [4.78, 5) is 22.1. The molecule has 2 N–H and O–H groups in total. The third-order valence-corrected chi connectivity index (χ3v) is 3.61. The Morgan fingerprint density at radius 3 is 2.54 bits per heavy atom. The molecule has 0 unspecified atom stereocenters. The molecular weight excluding hydrogens is 371 g/mol. The fourth-order valence-corrected chi connectivity index (χ4v) is 2.18. The van der Waals surface area contributed by atoms with Gasteiger partial charge in [0.05, 0.1) is 23.0 Å². The van der Waals surface area contributed by atoms with Gasteiger partial charge in [0, 0.05) is 18.8 Å². The second kappa shape index (κ2) is 8.33. The number of benzene rings is 1. The van der Waals surface area contributed by atoms with Crippen molar-refractivity contribution in [2.75, 3.05) is 37.8 Å². The van der Waals surface area contributed by atoms with Gasteiger partial charge in [0.1, 0.15) is 11.5 Å². The molecule has 0 aliphatic heterocycles. The van der Waals surface area contributed by atoms with Crippen LogP contribution in [0, 0.1) is 0 Å². The van der Waals surface area contributed by atoms with E-state index in [4.69, 9.17) is 11.6 Å². The Labute approximate surface area is 153 Å². The van der Waals surface area contributed by atoms with E-state index in [0.717, 1.165) is 18.7 Å². The highest BCUT2D eigenvalue weighted by molar-refractivity contribution is 6.31. The maximum atomic E-state index is 12.9. The van der Waals surface area contributed by atoms with E-state index in [0.29, 0.717) is 12.4 Å². The van der Waals surface area contributed by atoms with Gasteiger partial charge in [0.15, 0.2) is 0 Å². The van der Waals surface area contributed by atoms with Crippen molar-refractivity contribution < 1.29 is 18.0 Å². The quantitative estimate of drug-likeness (QED) is 0.795. The van der Waals surface area contributed by atoms with Gasteiger partial charge in [0.2, 0.25) is 0 Å². The van der Waals surface area contributed by atoms with E-state index >= 15 is 0 Å². The number of nitrogens with one attached hydrogen (secondary N) is 2. The van der Waals surface area contributed by atoms with Crippen LogP contribution in [0.25, 0.3) is 0 Å². The Morgan fingerprint density at radius 2 is 1.96 bits per heavy atom. The summed E-state index contributed by atoms with van der Waals surface area (Å²) < 4.78 is 38.6. The van der Waals surface area contributed by atoms with Gasteiger partial charge in [-0.05, 0) is 32.3 Å². The van der Waals surface area contributed by atoms with Crippen LogP contribution in [0.15, 0.2) is 30.6 Å². The van der Waals surface area contributed by atoms with Gasteiger partial charge in [-0.25, -0.2) is 9.97 Å². The van der Waals surface area contributed by atoms with Crippen molar-refractivity contribution >= 4 is 29.0 Å². The zero-order valence-corrected chi connectivity index (χ0v) is 14.8. The Morgan fingerprint density at radius 1 is 1.23 bits per heavy atom. The maximum Gasteiger partial charge on any atom is 0.417 e. The molecule has 0 bridgehead atoms. The van der Waals surface area contributed by atoms with Crippen LogP contribution in [0.1, 0.15) is 16.1 Å². The van der Waals surface area contributed by atoms with Gasteiger partial charge >= 0.3 is 6.18 Å². The molecule has 1 amide bonds. The molecule has 0 aliphatic carbocycles. The van der Waals surface area contributed by atoms with Crippen LogP contribution in [0.2, 0.25) is 5.02 Å². The molecule has 0 fully saturated rings. The van der Waals surface area contributed by atoms with Gasteiger partial charge in [-0.3, -0.25) is 4.79 Å². The monoisotopic (exact) mass is 387 g/mol. The van der Waals surface area contributed by atoms with E-state index < -0.39 is 22.7 Å². The number of hydrogen-bond donors (Lipinski definition) is 2. The Hall–Kier alpha value is -2.39. The van der Waals surface area contributed by atoms with E-state index in [1.165, 1.54) is 18.5 Å². The highest BCUT2D eigenvalue weighted by atomic mass is 35.5. The van der Waals surface area contributed by atoms with Crippen LogP contribution in [0.3, 0.4) is 0 Å². The molecule has 0 radical (unpaired) electrons. The molecule has 1 heterocycles. The fourth-order valence-electron chi connectivity index (χ4n) is 1.96. The lowest BCUT2D eigenvalue weighted by molar-refractivity contribution is -0.137. The normalized spacial score (nSPS) is 11.5. The number of aromatic nitrogens is 2. The highest BCUT2D eigenvalue weighted by Gasteiger charge is 2.33. The Kier molecular flexibility index (Phi) is 6.38. The second-order valence-electron chi connectivity index (χ2n) is 5.66. The summed E-state index contributed by atoms with van der Waals surface area (Å²) >= 11 is 5.55. The zero-order valence-electron chi connectivity index (χ0n) is 14.1. The van der Waals surface area contributed by atoms with Crippen molar-refractivity contribution in [3.8, 4) is 0 Å². The average molecular weight is 388 g/mol. The second-order valence-corrected chi connectivity index (χ2v) is 6.07. The van der Waals surface area contributed by atoms with E-state index in [-0.39, 0.29) is 11.4 Å². The number of alkyl halides is 3. The summed E-state index contributed by atoms with van der Waals surface area (Å²) in [6, 6.07) is 3.12. The lowest BCUT2D eigenvalue weighted by Crippen LogP contribution is -2.21. The number of hydrogen-bond acceptors (Lipinski definition) is 5. The maximum absolute atomic E-state index is 12.9. The van der Waals surface area contributed by atoms with Gasteiger partial charge < -0.3 is 15.5 Å². The molecule has 2 aromatic rings. The van der Waals surface area contributed by atoms with Crippen molar-refractivity contribution in [2.24, 2.45) is 0 Å². The van der Waals surface area contributed by atoms with Gasteiger partial charge in [-0.2, -0.15) is 13.2 Å². The highest BCUT2D eigenvalue weighted by Crippen LogP contribution is 2.36. The first kappa shape index (κ1) is 19.9. The van der Waals surface area contributed by atoms with Crippen LogP contribution in [0.5, 0.6) is 0 Å². The smallest absolute Gasteiger partial charge is 0.368 e. The first-order valence-corrected chi connectivity index (χ1v) is 7.93. The number of carbonyl (C=O) groups excluding carboxylic acids is 1. The minimum atomic E-state index is -4.61. The van der Waals surface area contributed by atoms with Gasteiger partial charge in [-0.15, -0.1) is 0 Å². The predicted octanol–water partition coefficient (Wildman–Crippen LogP) is 3.37. The standard InChI is InChI=1S/C16H17ClF3N5O/c1-25(2)6-5-21-14-9-22-13(8-23-14)15(26)24-10-3-4-12(17)11(7-10)16(18,19)20/h3-4,7-9H,5-6H2,1-2H3,(H,21,23)(H,24,26). The number of rotatable bonds is 6. The van der Waals surface area contributed by atoms with Crippen LogP contribution >= 0.6 is 11.6 Å². The molecule has 10 heteroatoms. The molecule has 0 aliphatic rings. The molecule has 0 atom stereocenters. The molecule has 0 spiro atoms. The number of anilines is 2. The van der Waals surface area contributed by atoms with Crippen molar-refractivity contribution in [1.29, 1.82) is 0 Å². The minimum Gasteiger partial charge on any atom is -0.368 e. The molecule has 0 saturated heterocycles. The first-order valence-electron chi connectivity index (χ1n) is 7.55. The van der Waals surface area contributed by atoms with Crippen LogP contribution in [0.4, 0.5) is 24.7 Å². The largest absolute Gasteiger partial charge is 0.417 e. The number of halogens is 4. The lowest BCUT2D eigenvalue weighted by atomic mass is 10.2. The van der Waals surface area contributed by atoms with E-state index in [1.807, 2.05) is 19.0 Å². The van der Waals surface area contributed by atoms with Gasteiger partial charge in [0.25, 0.3) is 5.91 Å². The molecule has 26 heavy (non-hydrogen) atoms. The third-order valence-electron chi connectivity index (χ3n) is 3.28. The zero-order chi connectivity index (χ0) is 19.3. The van der Waals surface area contributed by atoms with E-state index in [2.05, 4.69) is 20.6 Å². The number of likely N-dealkylation sites (N-methyl/N-ethyl adjacent to an activating group) is 1. The van der Waals surface area contributed by atoms with Crippen molar-refractivity contribution in [2.45, 2.75) is 6.18 Å². The van der Waals surface area contributed by atoms with Gasteiger partial charge in [-0.1, -0.05) is 11.6 Å². The summed E-state index contributed by atoms with van der Waals surface area (Å²) in [6.07, 6.45) is -1.99. The predicted molar refractivity (Wildman–Crippen MR) is 93.5 cm³/mol. The van der Waals surface area contributed by atoms with Crippen molar-refractivity contribution in [1.82, 2.24) is 14.9 Å². The summed E-state index contributed by atoms with van der Waals surface area (Å²) in [6.45, 7) is 1.44. The minimum absolute atomic E-state index is 0.0216. The summed E-state index contributed by atoms with van der Waals surface area (Å²) in [5.74, 6) is -0.179. The Bertz CT molecular complexity index is 765.